The van der Waals surface area contributed by atoms with Gasteiger partial charge in [-0.15, -0.1) is 0 Å². The van der Waals surface area contributed by atoms with Gasteiger partial charge >= 0.3 is 0 Å². The molecule has 0 heterocycles. The van der Waals surface area contributed by atoms with Gasteiger partial charge < -0.3 is 10.5 Å². The molecule has 0 aliphatic heterocycles. The van der Waals surface area contributed by atoms with E-state index in [9.17, 15) is 0 Å². The number of rotatable bonds is 4. The summed E-state index contributed by atoms with van der Waals surface area (Å²) in [5, 5.41) is 7.84. The standard InChI is InChI=1S/C16H16BrClN2O/c1-9(2)12-8-11(17)4-6-14(12)21-15-5-3-10(16(19)20)7-13(15)18/h3-9H,1-2H3,(H3,19,20). The summed E-state index contributed by atoms with van der Waals surface area (Å²) < 4.78 is 6.94. The molecule has 0 unspecified atom stereocenters. The number of nitrogens with one attached hydrogen (secondary N) is 1. The van der Waals surface area contributed by atoms with Gasteiger partial charge in [0.2, 0.25) is 0 Å². The number of nitrogens with two attached hydrogens (primary N) is 1. The van der Waals surface area contributed by atoms with E-state index < -0.39 is 0 Å². The Morgan fingerprint density at radius 1 is 1.19 bits per heavy atom. The van der Waals surface area contributed by atoms with Crippen LogP contribution in [0.15, 0.2) is 40.9 Å². The first-order valence-electron chi connectivity index (χ1n) is 6.49. The van der Waals surface area contributed by atoms with Gasteiger partial charge in [-0.05, 0) is 47.9 Å². The molecule has 0 aliphatic rings. The molecule has 3 nitrogen and oxygen atoms in total. The van der Waals surface area contributed by atoms with E-state index in [1.165, 1.54) is 0 Å². The summed E-state index contributed by atoms with van der Waals surface area (Å²) in [5.74, 6) is 1.62. The van der Waals surface area contributed by atoms with Gasteiger partial charge in [0.05, 0.1) is 5.02 Å². The van der Waals surface area contributed by atoms with Crippen LogP contribution in [-0.4, -0.2) is 5.84 Å². The summed E-state index contributed by atoms with van der Waals surface area (Å²) in [6.45, 7) is 4.21. The second kappa shape index (κ2) is 6.50. The van der Waals surface area contributed by atoms with E-state index in [-0.39, 0.29) is 5.84 Å². The van der Waals surface area contributed by atoms with Crippen LogP contribution >= 0.6 is 27.5 Å². The topological polar surface area (TPSA) is 59.1 Å². The molecule has 0 aromatic heterocycles. The molecule has 0 saturated carbocycles. The van der Waals surface area contributed by atoms with Crippen LogP contribution in [0.25, 0.3) is 0 Å². The Morgan fingerprint density at radius 2 is 1.86 bits per heavy atom. The molecule has 2 rings (SSSR count). The summed E-state index contributed by atoms with van der Waals surface area (Å²) in [4.78, 5) is 0. The summed E-state index contributed by atoms with van der Waals surface area (Å²) >= 11 is 9.67. The Bertz CT molecular complexity index is 686. The average Bonchev–Trinajstić information content (AvgIpc) is 2.42. The van der Waals surface area contributed by atoms with E-state index >= 15 is 0 Å². The number of benzene rings is 2. The minimum Gasteiger partial charge on any atom is -0.456 e. The maximum Gasteiger partial charge on any atom is 0.146 e. The molecule has 110 valence electrons. The lowest BCUT2D eigenvalue weighted by Crippen LogP contribution is -2.10. The van der Waals surface area contributed by atoms with Gasteiger partial charge in [-0.2, -0.15) is 0 Å². The Kier molecular flexibility index (Phi) is 4.91. The monoisotopic (exact) mass is 366 g/mol. The lowest BCUT2D eigenvalue weighted by Gasteiger charge is -2.15. The third-order valence-corrected chi connectivity index (χ3v) is 3.85. The van der Waals surface area contributed by atoms with E-state index in [1.54, 1.807) is 18.2 Å². The normalized spacial score (nSPS) is 10.7. The second-order valence-electron chi connectivity index (χ2n) is 5.00. The zero-order chi connectivity index (χ0) is 15.6. The molecule has 0 bridgehead atoms. The first-order chi connectivity index (χ1) is 9.88. The maximum atomic E-state index is 7.41. The van der Waals surface area contributed by atoms with Gasteiger partial charge in [-0.25, -0.2) is 0 Å². The third kappa shape index (κ3) is 3.77. The molecule has 0 saturated heterocycles. The highest BCUT2D eigenvalue weighted by atomic mass is 79.9. The van der Waals surface area contributed by atoms with Crippen LogP contribution in [0.1, 0.15) is 30.9 Å². The number of halogens is 2. The number of amidine groups is 1. The Morgan fingerprint density at radius 3 is 2.43 bits per heavy atom. The first kappa shape index (κ1) is 15.9. The Labute approximate surface area is 137 Å². The van der Waals surface area contributed by atoms with Crippen molar-refractivity contribution in [3.8, 4) is 11.5 Å². The smallest absolute Gasteiger partial charge is 0.146 e. The first-order valence-corrected chi connectivity index (χ1v) is 7.67. The molecule has 2 aromatic rings. The fraction of sp³-hybridized carbons (Fsp3) is 0.188. The van der Waals surface area contributed by atoms with Crippen molar-refractivity contribution in [1.82, 2.24) is 0 Å². The van der Waals surface area contributed by atoms with Gasteiger partial charge in [-0.3, -0.25) is 5.41 Å². The lowest BCUT2D eigenvalue weighted by atomic mass is 10.0. The highest BCUT2D eigenvalue weighted by Crippen LogP contribution is 2.35. The minimum atomic E-state index is -0.0186. The molecule has 0 fully saturated rings. The number of ether oxygens (including phenoxy) is 1. The summed E-state index contributed by atoms with van der Waals surface area (Å²) in [7, 11) is 0. The van der Waals surface area contributed by atoms with Crippen molar-refractivity contribution in [2.45, 2.75) is 19.8 Å². The molecule has 0 spiro atoms. The van der Waals surface area contributed by atoms with Gasteiger partial charge in [0, 0.05) is 10.0 Å². The molecule has 21 heavy (non-hydrogen) atoms. The highest BCUT2D eigenvalue weighted by Gasteiger charge is 2.12. The second-order valence-corrected chi connectivity index (χ2v) is 6.32. The molecule has 2 aromatic carbocycles. The van der Waals surface area contributed by atoms with Crippen molar-refractivity contribution in [3.05, 3.63) is 57.0 Å². The third-order valence-electron chi connectivity index (χ3n) is 3.06. The maximum absolute atomic E-state index is 7.41. The summed E-state index contributed by atoms with van der Waals surface area (Å²) in [6.07, 6.45) is 0. The van der Waals surface area contributed by atoms with Gasteiger partial charge in [0.1, 0.15) is 17.3 Å². The number of hydrogen-bond acceptors (Lipinski definition) is 2. The van der Waals surface area contributed by atoms with Crippen LogP contribution in [0.4, 0.5) is 0 Å². The minimum absolute atomic E-state index is 0.0186. The molecule has 0 aliphatic carbocycles. The van der Waals surface area contributed by atoms with Crippen LogP contribution in [0.5, 0.6) is 11.5 Å². The van der Waals surface area contributed by atoms with E-state index in [1.807, 2.05) is 18.2 Å². The van der Waals surface area contributed by atoms with Crippen molar-refractivity contribution >= 4 is 33.4 Å². The van der Waals surface area contributed by atoms with Crippen molar-refractivity contribution in [3.63, 3.8) is 0 Å². The van der Waals surface area contributed by atoms with E-state index in [4.69, 9.17) is 27.5 Å². The molecular formula is C16H16BrClN2O. The molecule has 0 atom stereocenters. The van der Waals surface area contributed by atoms with Gasteiger partial charge in [0.15, 0.2) is 0 Å². The largest absolute Gasteiger partial charge is 0.456 e. The zero-order valence-electron chi connectivity index (χ0n) is 11.8. The van der Waals surface area contributed by atoms with Crippen molar-refractivity contribution in [2.75, 3.05) is 0 Å². The summed E-state index contributed by atoms with van der Waals surface area (Å²) in [6, 6.07) is 11.0. The van der Waals surface area contributed by atoms with E-state index in [2.05, 4.69) is 29.8 Å². The zero-order valence-corrected chi connectivity index (χ0v) is 14.1. The van der Waals surface area contributed by atoms with Crippen LogP contribution in [0.2, 0.25) is 5.02 Å². The van der Waals surface area contributed by atoms with Crippen LogP contribution in [-0.2, 0) is 0 Å². The molecule has 3 N–H and O–H groups in total. The Hall–Kier alpha value is -1.52. The van der Waals surface area contributed by atoms with Gasteiger partial charge in [-0.1, -0.05) is 41.4 Å². The Balaban J connectivity index is 2.36. The molecule has 0 amide bonds. The number of hydrogen-bond donors (Lipinski definition) is 2. The fourth-order valence-electron chi connectivity index (χ4n) is 1.93. The highest BCUT2D eigenvalue weighted by molar-refractivity contribution is 9.10. The van der Waals surface area contributed by atoms with Crippen LogP contribution in [0.3, 0.4) is 0 Å². The van der Waals surface area contributed by atoms with Crippen LogP contribution < -0.4 is 10.5 Å². The number of nitrogen functional groups attached to an aromatic ring is 1. The SMILES string of the molecule is CC(C)c1cc(Br)ccc1Oc1ccc(C(=N)N)cc1Cl. The lowest BCUT2D eigenvalue weighted by molar-refractivity contribution is 0.473. The average molecular weight is 368 g/mol. The molecule has 0 radical (unpaired) electrons. The molecular weight excluding hydrogens is 352 g/mol. The molecule has 5 heteroatoms. The van der Waals surface area contributed by atoms with Crippen molar-refractivity contribution in [2.24, 2.45) is 5.73 Å². The predicted molar refractivity (Wildman–Crippen MR) is 90.8 cm³/mol. The van der Waals surface area contributed by atoms with Crippen LogP contribution in [0, 0.1) is 5.41 Å². The van der Waals surface area contributed by atoms with Crippen molar-refractivity contribution < 1.29 is 4.74 Å². The van der Waals surface area contributed by atoms with Crippen molar-refractivity contribution in [1.29, 1.82) is 5.41 Å². The fourth-order valence-corrected chi connectivity index (χ4v) is 2.53. The van der Waals surface area contributed by atoms with Gasteiger partial charge in [0.25, 0.3) is 0 Å². The van der Waals surface area contributed by atoms with E-state index in [0.29, 0.717) is 22.3 Å². The quantitative estimate of drug-likeness (QED) is 0.569. The summed E-state index contributed by atoms with van der Waals surface area (Å²) in [5.41, 5.74) is 7.11. The predicted octanol–water partition coefficient (Wildman–Crippen LogP) is 5.30. The van der Waals surface area contributed by atoms with E-state index in [0.717, 1.165) is 15.8 Å².